The summed E-state index contributed by atoms with van der Waals surface area (Å²) in [5, 5.41) is 6.63. The fourth-order valence-electron chi connectivity index (χ4n) is 7.04. The summed E-state index contributed by atoms with van der Waals surface area (Å²) in [7, 11) is 1.85. The van der Waals surface area contributed by atoms with Crippen LogP contribution in [0.3, 0.4) is 0 Å². The minimum atomic E-state index is -4.00. The molecule has 0 aliphatic carbocycles. The molecule has 0 bridgehead atoms. The standard InChI is InChI=1S/C27H33N5O5S2.C24H28N4O5S2.C5H13NO2.I6/c1-17(2)37-26(34)30-20-11-8-18(9-12-20)25-28-15-22(38-25)21-13-10-19(24(33)29-16-32(6)7)14-23(21)39(35,36)31-27(3,4)5;1-14(2)33-23(30)27-17-9-6-15(7-10-17)22-26-13-19(34-22)18-11-8-16(21(25)29)12-20(18)35(31,32)28-24(3,4)5;1-6(2)5(7-3)8-4;1-5(2)6(3)4/h8-17,31H,1-7H3,(H,30,34);6-14,28H,1-5H3,(H2,25,29)(H,27,30);5H,1-4H3;. The van der Waals surface area contributed by atoms with E-state index in [0.717, 1.165) is 11.1 Å². The van der Waals surface area contributed by atoms with Crippen molar-refractivity contribution in [3.63, 3.8) is 0 Å². The first-order valence-electron chi connectivity index (χ1n) is 26.0. The average molecular weight is 1970 g/mol. The molecule has 22 nitrogen and oxygen atoms in total. The molecule has 6 N–H and O–H groups in total. The van der Waals surface area contributed by atoms with Crippen LogP contribution in [0, 0.1) is 0 Å². The second-order valence-corrected chi connectivity index (χ2v) is 124. The van der Waals surface area contributed by atoms with Gasteiger partial charge in [-0.1, -0.05) is 12.1 Å². The number of thiazole rings is 2. The van der Waals surface area contributed by atoms with Gasteiger partial charge >= 0.3 is 102 Å². The van der Waals surface area contributed by atoms with Crippen LogP contribution in [0.2, 0.25) is 0 Å². The van der Waals surface area contributed by atoms with Gasteiger partial charge in [0.2, 0.25) is 32.4 Å². The molecular weight excluding hydrogens is 1890 g/mol. The van der Waals surface area contributed by atoms with Gasteiger partial charge in [-0.3, -0.25) is 25.1 Å². The van der Waals surface area contributed by atoms with Crippen molar-refractivity contribution in [1.29, 1.82) is 0 Å². The van der Waals surface area contributed by atoms with E-state index in [1.165, 1.54) is 47.2 Å². The monoisotopic (exact) mass is 1970 g/mol. The van der Waals surface area contributed by atoms with Crippen molar-refractivity contribution in [2.75, 3.05) is 53.0 Å². The van der Waals surface area contributed by atoms with Gasteiger partial charge in [0, 0.05) is 96.5 Å². The van der Waals surface area contributed by atoms with Crippen molar-refractivity contribution in [2.45, 2.75) is 109 Å². The van der Waals surface area contributed by atoms with Crippen molar-refractivity contribution < 1.29 is 55.0 Å². The Balaban J connectivity index is 0.000000379. The molecule has 2 aromatic heterocycles. The number of methoxy groups -OCH3 is 2. The Morgan fingerprint density at radius 1 is 0.614 bits per heavy atom. The van der Waals surface area contributed by atoms with E-state index in [1.54, 1.807) is 182 Å². The fourth-order valence-corrected chi connectivity index (χ4v) is 12.4. The average Bonchev–Trinajstić information content (AvgIpc) is 1.57. The number of aromatic nitrogens is 2. The number of rotatable bonds is 19. The number of nitrogens with two attached hydrogens (primary N) is 1. The Labute approximate surface area is 574 Å². The third kappa shape index (κ3) is 27.9. The number of anilines is 2. The Hall–Kier alpha value is -2.63. The van der Waals surface area contributed by atoms with E-state index in [0.29, 0.717) is 42.3 Å². The zero-order valence-corrected chi connectivity index (χ0v) is 67.4. The second kappa shape index (κ2) is 36.7. The molecule has 2 heterocycles. The van der Waals surface area contributed by atoms with E-state index in [4.69, 9.17) is 24.7 Å². The molecule has 486 valence electrons. The van der Waals surface area contributed by atoms with Gasteiger partial charge in [-0.25, -0.2) is 45.8 Å². The topological polar surface area (TPSA) is 292 Å². The molecule has 0 atom stereocenters. The summed E-state index contributed by atoms with van der Waals surface area (Å²) in [6.07, 6.45) is 2.79. The van der Waals surface area contributed by atoms with Gasteiger partial charge in [-0.05, 0) is 156 Å². The molecule has 0 fully saturated rings. The number of halogens is 6. The number of ether oxygens (including phenoxy) is 4. The van der Waals surface area contributed by atoms with E-state index in [9.17, 15) is 36.0 Å². The maximum atomic E-state index is 13.4. The van der Waals surface area contributed by atoms with Gasteiger partial charge in [0.05, 0.1) is 38.1 Å². The second-order valence-electron chi connectivity index (χ2n) is 21.4. The van der Waals surface area contributed by atoms with Crippen molar-refractivity contribution in [2.24, 2.45) is 10.7 Å². The SMILES string of the molecule is CC(C)OC(=O)Nc1ccc(-c2ncc(-c3ccc(C(=O)N=CN(C)C)cc3S(=O)(=O)NC(C)(C)C)s2)cc1.CC(C)OC(=O)Nc1ccc(-c2ncc(-c3ccc(C(N)=O)cc3S(=O)(=O)NC(C)(C)C)s2)cc1.COC(OC)N(C)C.II(I)I(I)I. The van der Waals surface area contributed by atoms with Crippen LogP contribution in [0.5, 0.6) is 0 Å². The van der Waals surface area contributed by atoms with Crippen LogP contribution in [0.1, 0.15) is 90.0 Å². The van der Waals surface area contributed by atoms with Gasteiger partial charge in [-0.15, -0.1) is 22.7 Å². The Bertz CT molecular complexity index is 3530. The molecule has 32 heteroatoms. The molecule has 88 heavy (non-hydrogen) atoms. The molecule has 6 aromatic rings. The third-order valence-corrected chi connectivity index (χ3v) is 181. The summed E-state index contributed by atoms with van der Waals surface area (Å²) in [5.74, 6) is -1.28. The summed E-state index contributed by atoms with van der Waals surface area (Å²) in [5.41, 5.74) is 7.70. The number of hydrogen-bond acceptors (Lipinski definition) is 17. The van der Waals surface area contributed by atoms with Gasteiger partial charge in [0.15, 0.2) is 0 Å². The van der Waals surface area contributed by atoms with Crippen molar-refractivity contribution in [3.8, 4) is 42.0 Å². The number of carbonyl (C=O) groups is 4. The quantitative estimate of drug-likeness (QED) is 0.0218. The van der Waals surface area contributed by atoms with Gasteiger partial charge in [0.25, 0.3) is 5.91 Å². The number of aliphatic imine (C=N–C) groups is 1. The number of amides is 4. The van der Waals surface area contributed by atoms with E-state index >= 15 is 0 Å². The van der Waals surface area contributed by atoms with Gasteiger partial charge in [0.1, 0.15) is 10.0 Å². The van der Waals surface area contributed by atoms with Gasteiger partial charge in [-0.2, -0.15) is 4.99 Å². The Morgan fingerprint density at radius 3 is 1.27 bits per heavy atom. The molecule has 0 saturated carbocycles. The predicted molar refractivity (Wildman–Crippen MR) is 407 cm³/mol. The number of carbonyl (C=O) groups excluding carboxylic acids is 4. The van der Waals surface area contributed by atoms with Crippen LogP contribution in [0.25, 0.3) is 42.0 Å². The Kier molecular flexibility index (Phi) is 33.2. The zero-order valence-electron chi connectivity index (χ0n) is 51.2. The molecule has 0 unspecified atom stereocenters. The number of primary amides is 1. The van der Waals surface area contributed by atoms with Crippen molar-refractivity contribution in [3.05, 3.63) is 108 Å². The van der Waals surface area contributed by atoms with Crippen LogP contribution >= 0.6 is 113 Å². The number of benzene rings is 4. The number of hydrogen-bond donors (Lipinski definition) is 5. The van der Waals surface area contributed by atoms with E-state index in [1.807, 2.05) is 19.0 Å². The van der Waals surface area contributed by atoms with Crippen LogP contribution in [0.15, 0.2) is 112 Å². The molecule has 0 aliphatic heterocycles. The summed E-state index contributed by atoms with van der Waals surface area (Å²) in [6.45, 7) is 17.5. The predicted octanol–water partition coefficient (Wildman–Crippen LogP) is 15.3. The van der Waals surface area contributed by atoms with E-state index < -0.39 is 55.1 Å². The fraction of sp³-hybridized carbons (Fsp3) is 0.375. The zero-order chi connectivity index (χ0) is 66.6. The van der Waals surface area contributed by atoms with Crippen molar-refractivity contribution >= 4 is 175 Å². The van der Waals surface area contributed by atoms with E-state index in [2.05, 4.69) is 110 Å². The number of nitrogens with one attached hydrogen (secondary N) is 4. The summed E-state index contributed by atoms with van der Waals surface area (Å²) in [4.78, 5) is 65.3. The van der Waals surface area contributed by atoms with Crippen LogP contribution in [-0.2, 0) is 39.0 Å². The number of sulfonamides is 2. The molecule has 0 radical (unpaired) electrons. The third-order valence-electron chi connectivity index (χ3n) is 10.3. The molecule has 6 rings (SSSR count). The molecule has 0 spiro atoms. The van der Waals surface area contributed by atoms with Crippen LogP contribution < -0.4 is 25.8 Å². The van der Waals surface area contributed by atoms with Gasteiger partial charge < -0.3 is 29.6 Å². The first-order chi connectivity index (χ1) is 40.8. The Morgan fingerprint density at radius 2 is 0.977 bits per heavy atom. The van der Waals surface area contributed by atoms with Crippen molar-refractivity contribution in [1.82, 2.24) is 29.2 Å². The molecule has 4 amide bonds. The summed E-state index contributed by atoms with van der Waals surface area (Å²) >= 11 is 13.1. The van der Waals surface area contributed by atoms with Crippen LogP contribution in [-0.4, -0.2) is 139 Å². The molecule has 0 saturated heterocycles. The first kappa shape index (κ1) is 79.6. The normalized spacial score (nSPS) is 12.1. The number of nitrogens with zero attached hydrogens (tertiary/aromatic N) is 5. The maximum absolute atomic E-state index is 13.4. The molecule has 0 aliphatic rings. The molecular formula is C56H74I6N10O12S4. The van der Waals surface area contributed by atoms with E-state index in [-0.39, 0.29) is 55.3 Å². The van der Waals surface area contributed by atoms with Crippen LogP contribution in [0.4, 0.5) is 21.0 Å². The summed E-state index contributed by atoms with van der Waals surface area (Å²) < 4.78 is 78.3. The molecule has 4 aromatic carbocycles. The summed E-state index contributed by atoms with van der Waals surface area (Å²) in [6, 6.07) is 22.9. The minimum absolute atomic E-state index is 0.0401. The first-order valence-corrected chi connectivity index (χ1v) is 62.1.